The van der Waals surface area contributed by atoms with Gasteiger partial charge in [-0.3, -0.25) is 0 Å². The van der Waals surface area contributed by atoms with E-state index in [0.29, 0.717) is 0 Å². The van der Waals surface area contributed by atoms with E-state index in [4.69, 9.17) is 5.11 Å². The van der Waals surface area contributed by atoms with Crippen molar-refractivity contribution in [2.45, 2.75) is 0 Å². The van der Waals surface area contributed by atoms with Gasteiger partial charge in [0.05, 0.1) is 0 Å². The molecule has 13 heavy (non-hydrogen) atoms. The molecule has 0 radical (unpaired) electrons. The van der Waals surface area contributed by atoms with Crippen LogP contribution in [0.1, 0.15) is 10.4 Å². The molecule has 0 unspecified atom stereocenters. The SMILES string of the molecule is O=C(O)c1ccccc1OOCF. The number of alkyl halides is 1. The Kier molecular flexibility index (Phi) is 3.22. The quantitative estimate of drug-likeness (QED) is 0.573. The van der Waals surface area contributed by atoms with Crippen LogP contribution in [0.4, 0.5) is 4.39 Å². The molecule has 0 atom stereocenters. The number of rotatable bonds is 4. The highest BCUT2D eigenvalue weighted by Crippen LogP contribution is 2.17. The van der Waals surface area contributed by atoms with Crippen molar-refractivity contribution >= 4 is 5.97 Å². The van der Waals surface area contributed by atoms with E-state index in [1.54, 1.807) is 6.07 Å². The summed E-state index contributed by atoms with van der Waals surface area (Å²) in [6.07, 6.45) is 0. The van der Waals surface area contributed by atoms with E-state index in [1.165, 1.54) is 18.2 Å². The molecule has 0 aromatic heterocycles. The zero-order valence-electron chi connectivity index (χ0n) is 6.57. The van der Waals surface area contributed by atoms with Crippen LogP contribution in [0.15, 0.2) is 24.3 Å². The van der Waals surface area contributed by atoms with Crippen LogP contribution in [-0.4, -0.2) is 17.9 Å². The minimum Gasteiger partial charge on any atom is -0.478 e. The van der Waals surface area contributed by atoms with Gasteiger partial charge in [-0.15, -0.1) is 0 Å². The lowest BCUT2D eigenvalue weighted by molar-refractivity contribution is -0.234. The van der Waals surface area contributed by atoms with E-state index in [9.17, 15) is 9.18 Å². The second-order valence-electron chi connectivity index (χ2n) is 2.11. The summed E-state index contributed by atoms with van der Waals surface area (Å²) in [5, 5.41) is 8.64. The topological polar surface area (TPSA) is 55.8 Å². The van der Waals surface area contributed by atoms with Gasteiger partial charge in [0.15, 0.2) is 5.75 Å². The van der Waals surface area contributed by atoms with Crippen LogP contribution in [0.5, 0.6) is 5.75 Å². The predicted molar refractivity (Wildman–Crippen MR) is 41.1 cm³/mol. The Balaban J connectivity index is 2.84. The highest BCUT2D eigenvalue weighted by atomic mass is 19.1. The van der Waals surface area contributed by atoms with Crippen molar-refractivity contribution < 1.29 is 24.1 Å². The highest BCUT2D eigenvalue weighted by Gasteiger charge is 2.10. The van der Waals surface area contributed by atoms with Crippen LogP contribution >= 0.6 is 0 Å². The molecule has 0 heterocycles. The van der Waals surface area contributed by atoms with Crippen molar-refractivity contribution in [2.75, 3.05) is 6.86 Å². The van der Waals surface area contributed by atoms with Gasteiger partial charge in [-0.2, -0.15) is 4.89 Å². The first kappa shape index (κ1) is 9.47. The maximum atomic E-state index is 11.5. The molecular formula is C8H7FO4. The molecule has 0 saturated carbocycles. The second-order valence-corrected chi connectivity index (χ2v) is 2.11. The highest BCUT2D eigenvalue weighted by molar-refractivity contribution is 5.90. The number of carboxylic acid groups (broad SMARTS) is 1. The van der Waals surface area contributed by atoms with Crippen molar-refractivity contribution in [1.29, 1.82) is 0 Å². The lowest BCUT2D eigenvalue weighted by atomic mass is 10.2. The predicted octanol–water partition coefficient (Wildman–Crippen LogP) is 1.62. The van der Waals surface area contributed by atoms with Crippen LogP contribution in [0, 0.1) is 0 Å². The van der Waals surface area contributed by atoms with Gasteiger partial charge in [-0.05, 0) is 12.1 Å². The van der Waals surface area contributed by atoms with Gasteiger partial charge in [0.2, 0.25) is 6.86 Å². The molecule has 0 aliphatic carbocycles. The Hall–Kier alpha value is -1.62. The molecule has 0 bridgehead atoms. The van der Waals surface area contributed by atoms with Gasteiger partial charge in [0, 0.05) is 0 Å². The smallest absolute Gasteiger partial charge is 0.339 e. The molecule has 1 N–H and O–H groups in total. The molecule has 1 aromatic carbocycles. The maximum Gasteiger partial charge on any atom is 0.339 e. The van der Waals surface area contributed by atoms with E-state index in [1.807, 2.05) is 0 Å². The summed E-state index contributed by atoms with van der Waals surface area (Å²) in [7, 11) is 0. The molecule has 1 aromatic rings. The average molecular weight is 186 g/mol. The zero-order chi connectivity index (χ0) is 9.68. The third-order valence-corrected chi connectivity index (χ3v) is 1.31. The number of halogens is 1. The van der Waals surface area contributed by atoms with Crippen molar-refractivity contribution in [3.8, 4) is 5.75 Å². The van der Waals surface area contributed by atoms with E-state index >= 15 is 0 Å². The minimum atomic E-state index is -1.15. The summed E-state index contributed by atoms with van der Waals surface area (Å²) >= 11 is 0. The molecule has 0 aliphatic heterocycles. The summed E-state index contributed by atoms with van der Waals surface area (Å²) in [6.45, 7) is -1.13. The number of aromatic carboxylic acids is 1. The second kappa shape index (κ2) is 4.42. The number of para-hydroxylation sites is 1. The fourth-order valence-electron chi connectivity index (χ4n) is 0.802. The number of carbonyl (C=O) groups is 1. The normalized spacial score (nSPS) is 9.62. The summed E-state index contributed by atoms with van der Waals surface area (Å²) in [5.74, 6) is -1.18. The fraction of sp³-hybridized carbons (Fsp3) is 0.125. The van der Waals surface area contributed by atoms with Crippen molar-refractivity contribution in [2.24, 2.45) is 0 Å². The van der Waals surface area contributed by atoms with E-state index in [0.717, 1.165) is 0 Å². The van der Waals surface area contributed by atoms with Crippen molar-refractivity contribution in [3.05, 3.63) is 29.8 Å². The number of carboxylic acids is 1. The maximum absolute atomic E-state index is 11.5. The van der Waals surface area contributed by atoms with Gasteiger partial charge in [-0.1, -0.05) is 12.1 Å². The first-order valence-corrected chi connectivity index (χ1v) is 3.43. The average Bonchev–Trinajstić information content (AvgIpc) is 2.15. The van der Waals surface area contributed by atoms with Gasteiger partial charge in [0.1, 0.15) is 5.56 Å². The van der Waals surface area contributed by atoms with Crippen LogP contribution in [0.25, 0.3) is 0 Å². The summed E-state index contributed by atoms with van der Waals surface area (Å²) in [4.78, 5) is 18.9. The first-order valence-electron chi connectivity index (χ1n) is 3.43. The van der Waals surface area contributed by atoms with Crippen LogP contribution < -0.4 is 4.89 Å². The van der Waals surface area contributed by atoms with Gasteiger partial charge in [-0.25, -0.2) is 9.18 Å². The van der Waals surface area contributed by atoms with Crippen LogP contribution in [0.2, 0.25) is 0 Å². The molecule has 1 rings (SSSR count). The lowest BCUT2D eigenvalue weighted by Crippen LogP contribution is -2.03. The molecule has 0 aliphatic rings. The minimum absolute atomic E-state index is 0.0207. The molecular weight excluding hydrogens is 179 g/mol. The molecule has 0 fully saturated rings. The molecule has 5 heteroatoms. The Morgan fingerprint density at radius 1 is 1.46 bits per heavy atom. The monoisotopic (exact) mass is 186 g/mol. The fourth-order valence-corrected chi connectivity index (χ4v) is 0.802. The summed E-state index contributed by atoms with van der Waals surface area (Å²) in [5.41, 5.74) is -0.0732. The lowest BCUT2D eigenvalue weighted by Gasteiger charge is -2.03. The summed E-state index contributed by atoms with van der Waals surface area (Å²) < 4.78 is 11.5. The Morgan fingerprint density at radius 2 is 2.15 bits per heavy atom. The molecule has 4 nitrogen and oxygen atoms in total. The number of hydrogen-bond donors (Lipinski definition) is 1. The van der Waals surface area contributed by atoms with Gasteiger partial charge < -0.3 is 9.99 Å². The first-order chi connectivity index (χ1) is 6.25. The summed E-state index contributed by atoms with van der Waals surface area (Å²) in [6, 6.07) is 5.80. The standard InChI is InChI=1S/C8H7FO4/c9-5-12-13-7-4-2-1-3-6(7)8(10)11/h1-4H,5H2,(H,10,11). The molecule has 0 saturated heterocycles. The van der Waals surface area contributed by atoms with Crippen molar-refractivity contribution in [3.63, 3.8) is 0 Å². The third kappa shape index (κ3) is 2.41. The van der Waals surface area contributed by atoms with E-state index in [-0.39, 0.29) is 11.3 Å². The third-order valence-electron chi connectivity index (χ3n) is 1.31. The Morgan fingerprint density at radius 3 is 2.77 bits per heavy atom. The largest absolute Gasteiger partial charge is 0.478 e. The van der Waals surface area contributed by atoms with Crippen LogP contribution in [0.3, 0.4) is 0 Å². The van der Waals surface area contributed by atoms with E-state index in [2.05, 4.69) is 9.78 Å². The van der Waals surface area contributed by atoms with Crippen LogP contribution in [-0.2, 0) is 4.89 Å². The number of hydrogen-bond acceptors (Lipinski definition) is 3. The molecule has 70 valence electrons. The Labute approximate surface area is 73.4 Å². The molecule has 0 spiro atoms. The van der Waals surface area contributed by atoms with Crippen molar-refractivity contribution in [1.82, 2.24) is 0 Å². The van der Waals surface area contributed by atoms with Gasteiger partial charge in [0.25, 0.3) is 0 Å². The zero-order valence-corrected chi connectivity index (χ0v) is 6.57. The molecule has 0 amide bonds. The Bertz CT molecular complexity index is 300. The van der Waals surface area contributed by atoms with Gasteiger partial charge >= 0.3 is 5.97 Å². The number of benzene rings is 1. The van der Waals surface area contributed by atoms with E-state index < -0.39 is 12.8 Å².